The maximum Gasteiger partial charge on any atom is 0.573 e. The lowest BCUT2D eigenvalue weighted by Gasteiger charge is -2.21. The number of thioether (sulfide) groups is 1. The Morgan fingerprint density at radius 2 is 1.70 bits per heavy atom. The van der Waals surface area contributed by atoms with Gasteiger partial charge >= 0.3 is 12.4 Å². The van der Waals surface area contributed by atoms with Crippen LogP contribution >= 0.6 is 11.8 Å². The number of alkyl halides is 3. The molecule has 3 amide bonds. The number of benzene rings is 3. The van der Waals surface area contributed by atoms with Crippen LogP contribution in [0.25, 0.3) is 11.4 Å². The highest BCUT2D eigenvalue weighted by molar-refractivity contribution is 8.15. The Hall–Kier alpha value is -4.85. The number of amidine groups is 1. The van der Waals surface area contributed by atoms with Crippen LogP contribution in [0.15, 0.2) is 77.8 Å². The molecular formula is C29H26F3N7O3S. The van der Waals surface area contributed by atoms with Gasteiger partial charge in [0, 0.05) is 24.0 Å². The van der Waals surface area contributed by atoms with Crippen molar-refractivity contribution in [2.45, 2.75) is 26.1 Å². The fourth-order valence-corrected chi connectivity index (χ4v) is 5.15. The Morgan fingerprint density at radius 1 is 1.02 bits per heavy atom. The van der Waals surface area contributed by atoms with E-state index in [-0.39, 0.29) is 23.3 Å². The monoisotopic (exact) mass is 609 g/mol. The molecule has 0 bridgehead atoms. The summed E-state index contributed by atoms with van der Waals surface area (Å²) in [4.78, 5) is 35.6. The van der Waals surface area contributed by atoms with Crippen molar-refractivity contribution in [1.29, 1.82) is 0 Å². The van der Waals surface area contributed by atoms with Gasteiger partial charge in [-0.05, 0) is 66.1 Å². The van der Waals surface area contributed by atoms with Crippen molar-refractivity contribution < 1.29 is 27.5 Å². The Balaban J connectivity index is 1.25. The largest absolute Gasteiger partial charge is 0.573 e. The Labute approximate surface area is 249 Å². The van der Waals surface area contributed by atoms with Gasteiger partial charge in [-0.1, -0.05) is 43.8 Å². The minimum absolute atomic E-state index is 0.141. The maximum absolute atomic E-state index is 12.8. The first-order valence-electron chi connectivity index (χ1n) is 13.1. The van der Waals surface area contributed by atoms with Gasteiger partial charge in [0.2, 0.25) is 11.9 Å². The number of aliphatic imine (C=N–C) groups is 1. The van der Waals surface area contributed by atoms with Crippen LogP contribution in [0, 0.1) is 0 Å². The minimum atomic E-state index is -4.77. The summed E-state index contributed by atoms with van der Waals surface area (Å²) < 4.78 is 42.6. The van der Waals surface area contributed by atoms with Crippen molar-refractivity contribution in [3.05, 3.63) is 78.4 Å². The molecule has 5 rings (SSSR count). The van der Waals surface area contributed by atoms with Crippen molar-refractivity contribution in [3.8, 4) is 17.1 Å². The lowest BCUT2D eigenvalue weighted by Crippen LogP contribution is -2.31. The molecule has 0 unspecified atom stereocenters. The number of hydrogen-bond donors (Lipinski definition) is 2. The highest BCUT2D eigenvalue weighted by Crippen LogP contribution is 2.33. The summed E-state index contributed by atoms with van der Waals surface area (Å²) >= 11 is 1.21. The highest BCUT2D eigenvalue weighted by Gasteiger charge is 2.32. The fraction of sp³-hybridized carbons (Fsp3) is 0.207. The lowest BCUT2D eigenvalue weighted by atomic mass is 10.0. The Kier molecular flexibility index (Phi) is 8.39. The molecule has 0 aliphatic carbocycles. The first-order chi connectivity index (χ1) is 20.5. The molecule has 43 heavy (non-hydrogen) atoms. The molecule has 0 spiro atoms. The molecule has 0 saturated carbocycles. The second-order valence-electron chi connectivity index (χ2n) is 9.71. The average Bonchev–Trinajstić information content (AvgIpc) is 3.50. The van der Waals surface area contributed by atoms with E-state index in [1.54, 1.807) is 31.3 Å². The summed E-state index contributed by atoms with van der Waals surface area (Å²) in [7, 11) is 1.67. The topological polar surface area (TPSA) is 114 Å². The summed E-state index contributed by atoms with van der Waals surface area (Å²) in [6.07, 6.45) is -4.77. The number of anilines is 4. The molecule has 1 saturated heterocycles. The van der Waals surface area contributed by atoms with Crippen LogP contribution in [0.2, 0.25) is 0 Å². The van der Waals surface area contributed by atoms with E-state index in [4.69, 9.17) is 0 Å². The van der Waals surface area contributed by atoms with Gasteiger partial charge in [-0.3, -0.25) is 9.69 Å². The molecule has 1 aliphatic rings. The molecule has 3 aromatic carbocycles. The van der Waals surface area contributed by atoms with Gasteiger partial charge in [-0.15, -0.1) is 18.3 Å². The summed E-state index contributed by atoms with van der Waals surface area (Å²) in [5, 5.41) is 10.4. The fourth-order valence-electron chi connectivity index (χ4n) is 4.29. The smallest absolute Gasteiger partial charge is 0.406 e. The molecule has 10 nitrogen and oxygen atoms in total. The van der Waals surface area contributed by atoms with Crippen molar-refractivity contribution in [1.82, 2.24) is 14.8 Å². The number of para-hydroxylation sites is 1. The number of carbonyl (C=O) groups is 2. The van der Waals surface area contributed by atoms with Gasteiger partial charge < -0.3 is 15.4 Å². The SMILES string of the molecule is CC(C)c1ccccc1N1C(=O)CS/C1=N\C(=O)Nc1ccc(-c2nc(Nc3ccc(OC(F)(F)F)cc3)n(C)n2)cc1. The maximum atomic E-state index is 12.8. The van der Waals surface area contributed by atoms with Crippen molar-refractivity contribution in [2.24, 2.45) is 12.0 Å². The first kappa shape index (κ1) is 29.6. The van der Waals surface area contributed by atoms with Crippen molar-refractivity contribution >= 4 is 51.9 Å². The number of carbonyl (C=O) groups excluding carboxylic acids is 2. The van der Waals surface area contributed by atoms with E-state index >= 15 is 0 Å². The van der Waals surface area contributed by atoms with Crippen molar-refractivity contribution in [3.63, 3.8) is 0 Å². The van der Waals surface area contributed by atoms with E-state index in [1.807, 2.05) is 38.1 Å². The zero-order chi connectivity index (χ0) is 30.7. The van der Waals surface area contributed by atoms with Crippen LogP contribution in [-0.2, 0) is 11.8 Å². The number of halogens is 3. The molecule has 1 aromatic heterocycles. The van der Waals surface area contributed by atoms with Crippen LogP contribution in [0.1, 0.15) is 25.3 Å². The van der Waals surface area contributed by atoms with Gasteiger partial charge in [0.15, 0.2) is 11.0 Å². The van der Waals surface area contributed by atoms with Gasteiger partial charge in [0.05, 0.1) is 11.4 Å². The predicted molar refractivity (Wildman–Crippen MR) is 160 cm³/mol. The minimum Gasteiger partial charge on any atom is -0.406 e. The zero-order valence-electron chi connectivity index (χ0n) is 23.2. The Bertz CT molecular complexity index is 1670. The molecular weight excluding hydrogens is 583 g/mol. The van der Waals surface area contributed by atoms with Gasteiger partial charge in [0.25, 0.3) is 0 Å². The highest BCUT2D eigenvalue weighted by atomic mass is 32.2. The van der Waals surface area contributed by atoms with E-state index < -0.39 is 12.4 Å². The van der Waals surface area contributed by atoms with Crippen LogP contribution in [0.3, 0.4) is 0 Å². The number of urea groups is 1. The Morgan fingerprint density at radius 3 is 2.37 bits per heavy atom. The molecule has 2 N–H and O–H groups in total. The number of hydrogen-bond acceptors (Lipinski definition) is 7. The molecule has 0 radical (unpaired) electrons. The summed E-state index contributed by atoms with van der Waals surface area (Å²) in [5.74, 6) is 0.647. The quantitative estimate of drug-likeness (QED) is 0.234. The second-order valence-corrected chi connectivity index (χ2v) is 10.7. The molecule has 2 heterocycles. The van der Waals surface area contributed by atoms with E-state index in [1.165, 1.54) is 45.6 Å². The number of amides is 3. The van der Waals surface area contributed by atoms with Crippen LogP contribution in [-0.4, -0.2) is 44.0 Å². The summed E-state index contributed by atoms with van der Waals surface area (Å²) in [6, 6.07) is 19.0. The second kappa shape index (κ2) is 12.2. The molecule has 4 aromatic rings. The number of nitrogens with one attached hydrogen (secondary N) is 2. The average molecular weight is 610 g/mol. The normalized spacial score (nSPS) is 14.4. The van der Waals surface area contributed by atoms with Crippen LogP contribution in [0.4, 0.5) is 41.0 Å². The van der Waals surface area contributed by atoms with E-state index in [2.05, 4.69) is 30.4 Å². The third-order valence-electron chi connectivity index (χ3n) is 6.26. The number of ether oxygens (including phenoxy) is 1. The number of aromatic nitrogens is 3. The molecule has 222 valence electrons. The summed E-state index contributed by atoms with van der Waals surface area (Å²) in [6.45, 7) is 4.08. The van der Waals surface area contributed by atoms with Gasteiger partial charge in [-0.25, -0.2) is 9.48 Å². The van der Waals surface area contributed by atoms with Crippen LogP contribution < -0.4 is 20.3 Å². The standard InChI is InChI=1S/C29H26F3N7O3S/c1-17(2)22-6-4-5-7-23(22)39-24(40)16-43-28(39)36-27(41)34-20-10-8-18(9-11-20)25-35-26(38(3)37-25)33-19-12-14-21(15-13-19)42-29(30,31)32/h4-15,17H,16H2,1-3H3,(H,34,41)(H,33,35,37)/b36-28-. The number of rotatable bonds is 7. The molecule has 1 fully saturated rings. The molecule has 1 aliphatic heterocycles. The van der Waals surface area contributed by atoms with E-state index in [0.29, 0.717) is 39.6 Å². The third kappa shape index (κ3) is 7.15. The predicted octanol–water partition coefficient (Wildman–Crippen LogP) is 6.92. The number of aryl methyl sites for hydroxylation is 1. The lowest BCUT2D eigenvalue weighted by molar-refractivity contribution is -0.274. The zero-order valence-corrected chi connectivity index (χ0v) is 24.0. The van der Waals surface area contributed by atoms with Crippen molar-refractivity contribution in [2.75, 3.05) is 21.3 Å². The number of nitrogens with zero attached hydrogens (tertiary/aromatic N) is 5. The molecule has 14 heteroatoms. The van der Waals surface area contributed by atoms with Crippen LogP contribution in [0.5, 0.6) is 5.75 Å². The van der Waals surface area contributed by atoms with Gasteiger partial charge in [-0.2, -0.15) is 9.98 Å². The first-order valence-corrected chi connectivity index (χ1v) is 14.0. The molecule has 0 atom stereocenters. The van der Waals surface area contributed by atoms with Gasteiger partial charge in [0.1, 0.15) is 5.75 Å². The third-order valence-corrected chi connectivity index (χ3v) is 7.19. The summed E-state index contributed by atoms with van der Waals surface area (Å²) in [5.41, 5.74) is 3.33. The van der Waals surface area contributed by atoms with E-state index in [9.17, 15) is 22.8 Å². The van der Waals surface area contributed by atoms with E-state index in [0.717, 1.165) is 5.56 Å².